The van der Waals surface area contributed by atoms with Crippen LogP contribution in [0.2, 0.25) is 5.02 Å². The van der Waals surface area contributed by atoms with E-state index in [2.05, 4.69) is 5.32 Å². The van der Waals surface area contributed by atoms with E-state index in [-0.39, 0.29) is 25.0 Å². The van der Waals surface area contributed by atoms with Crippen LogP contribution in [-0.2, 0) is 16.1 Å². The van der Waals surface area contributed by atoms with Crippen molar-refractivity contribution in [2.24, 2.45) is 0 Å². The Kier molecular flexibility index (Phi) is 8.80. The summed E-state index contributed by atoms with van der Waals surface area (Å²) in [4.78, 5) is 26.9. The van der Waals surface area contributed by atoms with Crippen molar-refractivity contribution in [3.63, 3.8) is 0 Å². The van der Waals surface area contributed by atoms with Gasteiger partial charge >= 0.3 is 0 Å². The lowest BCUT2D eigenvalue weighted by Gasteiger charge is -2.28. The van der Waals surface area contributed by atoms with Gasteiger partial charge < -0.3 is 19.7 Å². The summed E-state index contributed by atoms with van der Waals surface area (Å²) in [5.41, 5.74) is 0.882. The van der Waals surface area contributed by atoms with E-state index in [4.69, 9.17) is 21.1 Å². The fourth-order valence-corrected chi connectivity index (χ4v) is 2.88. The first-order valence-electron chi connectivity index (χ1n) is 9.53. The fourth-order valence-electron chi connectivity index (χ4n) is 2.69. The second-order valence-electron chi connectivity index (χ2n) is 6.56. The lowest BCUT2D eigenvalue weighted by Crippen LogP contribution is -2.49. The number of rotatable bonds is 10. The molecule has 2 rings (SSSR count). The van der Waals surface area contributed by atoms with E-state index in [1.165, 1.54) is 4.90 Å². The van der Waals surface area contributed by atoms with Crippen LogP contribution < -0.4 is 14.8 Å². The van der Waals surface area contributed by atoms with Crippen molar-refractivity contribution in [2.75, 3.05) is 20.3 Å². The molecule has 0 radical (unpaired) electrons. The van der Waals surface area contributed by atoms with E-state index in [0.29, 0.717) is 17.3 Å². The Labute approximate surface area is 176 Å². The van der Waals surface area contributed by atoms with Crippen molar-refractivity contribution in [3.05, 3.63) is 59.1 Å². The van der Waals surface area contributed by atoms with Gasteiger partial charge in [0, 0.05) is 13.1 Å². The molecular formula is C22H27ClN2O4. The van der Waals surface area contributed by atoms with Crippen LogP contribution in [-0.4, -0.2) is 43.0 Å². The number of nitrogens with one attached hydrogen (secondary N) is 1. The topological polar surface area (TPSA) is 67.9 Å². The highest BCUT2D eigenvalue weighted by atomic mass is 35.5. The van der Waals surface area contributed by atoms with Crippen LogP contribution in [0, 0.1) is 0 Å². The molecule has 29 heavy (non-hydrogen) atoms. The zero-order valence-electron chi connectivity index (χ0n) is 17.0. The zero-order valence-corrected chi connectivity index (χ0v) is 17.7. The van der Waals surface area contributed by atoms with E-state index < -0.39 is 6.04 Å². The van der Waals surface area contributed by atoms with Crippen molar-refractivity contribution in [2.45, 2.75) is 32.9 Å². The SMILES string of the molecule is CCCNC(=O)C(C)N(Cc1ccc(OC)cc1)C(=O)COc1ccccc1Cl. The Hall–Kier alpha value is -2.73. The monoisotopic (exact) mass is 418 g/mol. The van der Waals surface area contributed by atoms with Crippen LogP contribution in [0.3, 0.4) is 0 Å². The number of para-hydroxylation sites is 1. The van der Waals surface area contributed by atoms with Gasteiger partial charge in [-0.1, -0.05) is 42.8 Å². The highest BCUT2D eigenvalue weighted by Gasteiger charge is 2.26. The summed E-state index contributed by atoms with van der Waals surface area (Å²) in [6.07, 6.45) is 0.820. The average molecular weight is 419 g/mol. The van der Waals surface area contributed by atoms with Gasteiger partial charge in [0.15, 0.2) is 6.61 Å². The van der Waals surface area contributed by atoms with Crippen molar-refractivity contribution in [3.8, 4) is 11.5 Å². The molecule has 2 aromatic carbocycles. The first-order chi connectivity index (χ1) is 14.0. The van der Waals surface area contributed by atoms with E-state index in [9.17, 15) is 9.59 Å². The highest BCUT2D eigenvalue weighted by molar-refractivity contribution is 6.32. The Bertz CT molecular complexity index is 811. The van der Waals surface area contributed by atoms with E-state index in [1.807, 2.05) is 31.2 Å². The number of amides is 2. The summed E-state index contributed by atoms with van der Waals surface area (Å²) < 4.78 is 10.8. The zero-order chi connectivity index (χ0) is 21.2. The second kappa shape index (κ2) is 11.3. The molecule has 6 nitrogen and oxygen atoms in total. The molecule has 2 aromatic rings. The molecule has 0 saturated heterocycles. The van der Waals surface area contributed by atoms with Crippen molar-refractivity contribution >= 4 is 23.4 Å². The number of hydrogen-bond acceptors (Lipinski definition) is 4. The quantitative estimate of drug-likeness (QED) is 0.639. The summed E-state index contributed by atoms with van der Waals surface area (Å²) in [5.74, 6) is 0.642. The number of carbonyl (C=O) groups is 2. The van der Waals surface area contributed by atoms with Gasteiger partial charge in [0.2, 0.25) is 5.91 Å². The second-order valence-corrected chi connectivity index (χ2v) is 6.96. The third-order valence-corrected chi connectivity index (χ3v) is 4.73. The lowest BCUT2D eigenvalue weighted by atomic mass is 10.1. The molecule has 1 unspecified atom stereocenters. The minimum atomic E-state index is -0.647. The number of halogens is 1. The molecule has 0 bridgehead atoms. The van der Waals surface area contributed by atoms with E-state index >= 15 is 0 Å². The van der Waals surface area contributed by atoms with Crippen molar-refractivity contribution in [1.82, 2.24) is 10.2 Å². The molecule has 1 atom stereocenters. The number of benzene rings is 2. The standard InChI is InChI=1S/C22H27ClN2O4/c1-4-13-24-22(27)16(2)25(14-17-9-11-18(28-3)12-10-17)21(26)15-29-20-8-6-5-7-19(20)23/h5-12,16H,4,13-15H2,1-3H3,(H,24,27). The first kappa shape index (κ1) is 22.6. The van der Waals surface area contributed by atoms with E-state index in [0.717, 1.165) is 17.7 Å². The first-order valence-corrected chi connectivity index (χ1v) is 9.91. The Morgan fingerprint density at radius 1 is 1.14 bits per heavy atom. The molecule has 156 valence electrons. The average Bonchev–Trinajstić information content (AvgIpc) is 2.75. The van der Waals surface area contributed by atoms with Crippen LogP contribution in [0.4, 0.5) is 0 Å². The smallest absolute Gasteiger partial charge is 0.261 e. The normalized spacial score (nSPS) is 11.4. The molecule has 7 heteroatoms. The Morgan fingerprint density at radius 2 is 1.83 bits per heavy atom. The van der Waals surface area contributed by atoms with Crippen molar-refractivity contribution < 1.29 is 19.1 Å². The summed E-state index contributed by atoms with van der Waals surface area (Å²) >= 11 is 6.09. The molecule has 0 aromatic heterocycles. The van der Waals surface area contributed by atoms with Gasteiger partial charge in [0.05, 0.1) is 12.1 Å². The third kappa shape index (κ3) is 6.68. The third-order valence-electron chi connectivity index (χ3n) is 4.42. The minimum Gasteiger partial charge on any atom is -0.497 e. The largest absolute Gasteiger partial charge is 0.497 e. The molecule has 0 aliphatic carbocycles. The fraction of sp³-hybridized carbons (Fsp3) is 0.364. The number of ether oxygens (including phenoxy) is 2. The molecular weight excluding hydrogens is 392 g/mol. The predicted molar refractivity (Wildman–Crippen MR) is 113 cm³/mol. The van der Waals surface area contributed by atoms with Crippen LogP contribution >= 0.6 is 11.6 Å². The molecule has 0 fully saturated rings. The summed E-state index contributed by atoms with van der Waals surface area (Å²) in [6.45, 7) is 4.30. The van der Waals surface area contributed by atoms with Gasteiger partial charge in [-0.15, -0.1) is 0 Å². The summed E-state index contributed by atoms with van der Waals surface area (Å²) in [6, 6.07) is 13.7. The van der Waals surface area contributed by atoms with E-state index in [1.54, 1.807) is 38.3 Å². The maximum Gasteiger partial charge on any atom is 0.261 e. The predicted octanol–water partition coefficient (Wildman–Crippen LogP) is 3.67. The van der Waals surface area contributed by atoms with Crippen LogP contribution in [0.1, 0.15) is 25.8 Å². The number of carbonyl (C=O) groups excluding carboxylic acids is 2. The number of nitrogens with zero attached hydrogens (tertiary/aromatic N) is 1. The Balaban J connectivity index is 2.14. The van der Waals surface area contributed by atoms with Gasteiger partial charge in [-0.3, -0.25) is 9.59 Å². The van der Waals surface area contributed by atoms with Gasteiger partial charge in [0.25, 0.3) is 5.91 Å². The Morgan fingerprint density at radius 3 is 2.45 bits per heavy atom. The number of hydrogen-bond donors (Lipinski definition) is 1. The van der Waals surface area contributed by atoms with Gasteiger partial charge in [-0.2, -0.15) is 0 Å². The van der Waals surface area contributed by atoms with Crippen LogP contribution in [0.5, 0.6) is 11.5 Å². The molecule has 0 aliphatic rings. The molecule has 2 amide bonds. The number of methoxy groups -OCH3 is 1. The molecule has 0 aliphatic heterocycles. The molecule has 0 spiro atoms. The van der Waals surface area contributed by atoms with Crippen LogP contribution in [0.25, 0.3) is 0 Å². The van der Waals surface area contributed by atoms with Gasteiger partial charge in [-0.05, 0) is 43.2 Å². The summed E-state index contributed by atoms with van der Waals surface area (Å²) in [7, 11) is 1.59. The van der Waals surface area contributed by atoms with Crippen LogP contribution in [0.15, 0.2) is 48.5 Å². The maximum absolute atomic E-state index is 12.9. The molecule has 1 N–H and O–H groups in total. The summed E-state index contributed by atoms with van der Waals surface area (Å²) in [5, 5.41) is 3.27. The maximum atomic E-state index is 12.9. The van der Waals surface area contributed by atoms with Gasteiger partial charge in [-0.25, -0.2) is 0 Å². The highest BCUT2D eigenvalue weighted by Crippen LogP contribution is 2.23. The molecule has 0 heterocycles. The molecule has 0 saturated carbocycles. The minimum absolute atomic E-state index is 0.202. The lowest BCUT2D eigenvalue weighted by molar-refractivity contribution is -0.142. The van der Waals surface area contributed by atoms with Crippen molar-refractivity contribution in [1.29, 1.82) is 0 Å². The van der Waals surface area contributed by atoms with Gasteiger partial charge in [0.1, 0.15) is 17.5 Å².